The highest BCUT2D eigenvalue weighted by atomic mass is 16.5. The predicted octanol–water partition coefficient (Wildman–Crippen LogP) is 6.48. The fourth-order valence-corrected chi connectivity index (χ4v) is 5.26. The lowest BCUT2D eigenvalue weighted by atomic mass is 9.58. The van der Waals surface area contributed by atoms with E-state index in [2.05, 4.69) is 54.9 Å². The first kappa shape index (κ1) is 21.4. The highest BCUT2D eigenvalue weighted by molar-refractivity contribution is 5.84. The fourth-order valence-electron chi connectivity index (χ4n) is 5.26. The lowest BCUT2D eigenvalue weighted by molar-refractivity contribution is 0.0672. The number of benzene rings is 2. The fraction of sp³-hybridized carbons (Fsp3) is 0.593. The van der Waals surface area contributed by atoms with Crippen LogP contribution in [0.1, 0.15) is 83.1 Å². The number of hydrogen-bond donors (Lipinski definition) is 1. The third-order valence-electron chi connectivity index (χ3n) is 7.52. The molecule has 2 aromatic rings. The summed E-state index contributed by atoms with van der Waals surface area (Å²) in [5.41, 5.74) is 1.43. The average Bonchev–Trinajstić information content (AvgIpc) is 2.81. The van der Waals surface area contributed by atoms with Crippen LogP contribution in [0.15, 0.2) is 36.4 Å². The molecule has 3 saturated carbocycles. The Morgan fingerprint density at radius 1 is 0.900 bits per heavy atom. The minimum Gasteiger partial charge on any atom is -0.494 e. The van der Waals surface area contributed by atoms with Crippen LogP contribution in [0.5, 0.6) is 5.75 Å². The van der Waals surface area contributed by atoms with Gasteiger partial charge in [0.05, 0.1) is 6.61 Å². The summed E-state index contributed by atoms with van der Waals surface area (Å²) in [7, 11) is 0. The van der Waals surface area contributed by atoms with Crippen LogP contribution in [0.4, 0.5) is 0 Å². The Kier molecular flexibility index (Phi) is 6.77. The molecule has 0 saturated heterocycles. The molecule has 5 rings (SSSR count). The molecule has 0 amide bonds. The Bertz CT molecular complexity index is 835. The smallest absolute Gasteiger partial charge is 0.205 e. The molecule has 0 unspecified atom stereocenters. The van der Waals surface area contributed by atoms with E-state index in [1.807, 2.05) is 0 Å². The molecule has 3 aliphatic rings. The molecular weight excluding hydrogens is 370 g/mol. The van der Waals surface area contributed by atoms with Crippen LogP contribution in [0.3, 0.4) is 0 Å². The standard InChI is InChI=1S/C27H36NO2/c1-2-3-4-5-6-17-30-25-10-9-23-18-22(7-8-24(23)19-25)20-28-27-14-11-26(21-29,12-15-27)13-16-27/h7-10,18-19,28H,2-6,11-17,20H2,1H3. The van der Waals surface area contributed by atoms with E-state index in [9.17, 15) is 4.79 Å². The van der Waals surface area contributed by atoms with E-state index in [1.165, 1.54) is 42.0 Å². The van der Waals surface area contributed by atoms with Crippen molar-refractivity contribution >= 4 is 17.1 Å². The Balaban J connectivity index is 1.30. The molecular formula is C27H36NO2. The summed E-state index contributed by atoms with van der Waals surface area (Å²) >= 11 is 0. The van der Waals surface area contributed by atoms with Gasteiger partial charge < -0.3 is 10.1 Å². The van der Waals surface area contributed by atoms with Gasteiger partial charge in [0.1, 0.15) is 5.75 Å². The van der Waals surface area contributed by atoms with Crippen LogP contribution < -0.4 is 10.1 Å². The molecule has 3 heteroatoms. The summed E-state index contributed by atoms with van der Waals surface area (Å²) in [4.78, 5) is 11.3. The molecule has 2 aromatic carbocycles. The summed E-state index contributed by atoms with van der Waals surface area (Å²) in [5, 5.41) is 6.36. The second-order valence-corrected chi connectivity index (χ2v) is 9.62. The van der Waals surface area contributed by atoms with Crippen LogP contribution in [0.2, 0.25) is 0 Å². The Labute approximate surface area is 181 Å². The second-order valence-electron chi connectivity index (χ2n) is 9.62. The number of nitrogens with one attached hydrogen (secondary N) is 1. The van der Waals surface area contributed by atoms with Gasteiger partial charge in [0.2, 0.25) is 6.29 Å². The van der Waals surface area contributed by atoms with Gasteiger partial charge in [0.25, 0.3) is 0 Å². The van der Waals surface area contributed by atoms with E-state index >= 15 is 0 Å². The summed E-state index contributed by atoms with van der Waals surface area (Å²) in [6, 6.07) is 13.2. The third kappa shape index (κ3) is 4.88. The highest BCUT2D eigenvalue weighted by Gasteiger charge is 2.48. The number of unbranched alkanes of at least 4 members (excludes halogenated alkanes) is 4. The van der Waals surface area contributed by atoms with E-state index in [0.29, 0.717) is 0 Å². The highest BCUT2D eigenvalue weighted by Crippen LogP contribution is 2.51. The molecule has 3 fully saturated rings. The number of hydrogen-bond acceptors (Lipinski definition) is 3. The number of carbonyl (C=O) groups excluding carboxylic acids is 1. The second kappa shape index (κ2) is 9.51. The summed E-state index contributed by atoms with van der Waals surface area (Å²) in [6.45, 7) is 3.95. The lowest BCUT2D eigenvalue weighted by Crippen LogP contribution is -2.54. The van der Waals surface area contributed by atoms with E-state index in [1.54, 1.807) is 0 Å². The topological polar surface area (TPSA) is 38.3 Å². The van der Waals surface area contributed by atoms with Crippen molar-refractivity contribution in [3.63, 3.8) is 0 Å². The van der Waals surface area contributed by atoms with Crippen molar-refractivity contribution in [3.05, 3.63) is 42.0 Å². The molecule has 0 spiro atoms. The zero-order valence-electron chi connectivity index (χ0n) is 18.5. The van der Waals surface area contributed by atoms with Gasteiger partial charge in [-0.3, -0.25) is 4.79 Å². The van der Waals surface area contributed by atoms with Gasteiger partial charge in [-0.2, -0.15) is 0 Å². The van der Waals surface area contributed by atoms with Crippen molar-refractivity contribution in [2.75, 3.05) is 6.61 Å². The van der Waals surface area contributed by atoms with Crippen LogP contribution in [-0.2, 0) is 11.3 Å². The predicted molar refractivity (Wildman–Crippen MR) is 124 cm³/mol. The Morgan fingerprint density at radius 3 is 2.33 bits per heavy atom. The number of ether oxygens (including phenoxy) is 1. The monoisotopic (exact) mass is 406 g/mol. The largest absolute Gasteiger partial charge is 0.494 e. The summed E-state index contributed by atoms with van der Waals surface area (Å²) < 4.78 is 5.96. The third-order valence-corrected chi connectivity index (χ3v) is 7.52. The van der Waals surface area contributed by atoms with E-state index < -0.39 is 0 Å². The quantitative estimate of drug-likeness (QED) is 0.434. The van der Waals surface area contributed by atoms with Gasteiger partial charge in [-0.05, 0) is 79.5 Å². The maximum absolute atomic E-state index is 11.3. The van der Waals surface area contributed by atoms with Gasteiger partial charge in [-0.25, -0.2) is 0 Å². The molecule has 0 atom stereocenters. The van der Waals surface area contributed by atoms with Gasteiger partial charge in [-0.15, -0.1) is 0 Å². The first-order valence-electron chi connectivity index (χ1n) is 12.0. The molecule has 30 heavy (non-hydrogen) atoms. The Morgan fingerprint density at radius 2 is 1.60 bits per heavy atom. The summed E-state index contributed by atoms with van der Waals surface area (Å²) in [6.07, 6.45) is 15.0. The molecule has 3 aliphatic carbocycles. The maximum atomic E-state index is 11.3. The SMILES string of the molecule is CCCCCCCOc1ccc2cc(CNC34CCC([C]=O)(CC3)CC4)ccc2c1. The molecule has 1 N–H and O–H groups in total. The van der Waals surface area contributed by atoms with Gasteiger partial charge >= 0.3 is 0 Å². The molecule has 0 heterocycles. The van der Waals surface area contributed by atoms with Gasteiger partial charge in [0, 0.05) is 17.5 Å². The van der Waals surface area contributed by atoms with Crippen LogP contribution in [-0.4, -0.2) is 18.4 Å². The van der Waals surface area contributed by atoms with Crippen molar-refractivity contribution in [1.82, 2.24) is 5.32 Å². The molecule has 3 nitrogen and oxygen atoms in total. The normalized spacial score (nSPS) is 25.5. The maximum Gasteiger partial charge on any atom is 0.205 e. The minimum atomic E-state index is -0.123. The van der Waals surface area contributed by atoms with Crippen LogP contribution in [0, 0.1) is 5.41 Å². The minimum absolute atomic E-state index is 0.123. The van der Waals surface area contributed by atoms with Crippen molar-refractivity contribution in [1.29, 1.82) is 0 Å². The molecule has 1 radical (unpaired) electrons. The zero-order valence-corrected chi connectivity index (χ0v) is 18.5. The van der Waals surface area contributed by atoms with E-state index in [4.69, 9.17) is 4.74 Å². The van der Waals surface area contributed by atoms with Crippen molar-refractivity contribution < 1.29 is 9.53 Å². The van der Waals surface area contributed by atoms with Crippen molar-refractivity contribution in [3.8, 4) is 5.75 Å². The molecule has 0 aromatic heterocycles. The Hall–Kier alpha value is -1.87. The van der Waals surface area contributed by atoms with E-state index in [0.717, 1.165) is 63.8 Å². The molecule has 161 valence electrons. The van der Waals surface area contributed by atoms with Crippen molar-refractivity contribution in [2.24, 2.45) is 5.41 Å². The lowest BCUT2D eigenvalue weighted by Gasteiger charge is -2.51. The average molecular weight is 407 g/mol. The number of rotatable bonds is 11. The first-order chi connectivity index (χ1) is 14.7. The summed E-state index contributed by atoms with van der Waals surface area (Å²) in [5.74, 6) is 0.975. The van der Waals surface area contributed by atoms with Crippen LogP contribution in [0.25, 0.3) is 10.8 Å². The van der Waals surface area contributed by atoms with E-state index in [-0.39, 0.29) is 11.0 Å². The van der Waals surface area contributed by atoms with Gasteiger partial charge in [0.15, 0.2) is 0 Å². The van der Waals surface area contributed by atoms with Crippen LogP contribution >= 0.6 is 0 Å². The van der Waals surface area contributed by atoms with Gasteiger partial charge in [-0.1, -0.05) is 50.8 Å². The molecule has 2 bridgehead atoms. The zero-order chi connectivity index (χ0) is 20.9. The molecule has 0 aliphatic heterocycles. The number of fused-ring (bicyclic) bond motifs is 4. The first-order valence-corrected chi connectivity index (χ1v) is 12.0. The van der Waals surface area contributed by atoms with Crippen molar-refractivity contribution in [2.45, 2.75) is 89.6 Å².